The number of nitrogens with zero attached hydrogens (tertiary/aromatic N) is 3. The van der Waals surface area contributed by atoms with Gasteiger partial charge in [-0.25, -0.2) is 0 Å². The summed E-state index contributed by atoms with van der Waals surface area (Å²) in [7, 11) is 3.59. The second kappa shape index (κ2) is 22.9. The summed E-state index contributed by atoms with van der Waals surface area (Å²) in [6, 6.07) is 0. The zero-order valence-electron chi connectivity index (χ0n) is 40.7. The molecular formula is C51H79N3O9. The van der Waals surface area contributed by atoms with Crippen molar-refractivity contribution in [2.24, 2.45) is 11.3 Å². The van der Waals surface area contributed by atoms with Crippen LogP contribution in [0, 0.1) is 11.3 Å². The van der Waals surface area contributed by atoms with Gasteiger partial charge in [0.2, 0.25) is 5.91 Å². The number of morpholine rings is 1. The number of aliphatic hydroxyl groups is 1. The van der Waals surface area contributed by atoms with Gasteiger partial charge in [-0.3, -0.25) is 19.3 Å². The van der Waals surface area contributed by atoms with Crippen LogP contribution in [-0.4, -0.2) is 139 Å². The summed E-state index contributed by atoms with van der Waals surface area (Å²) in [4.78, 5) is 45.1. The van der Waals surface area contributed by atoms with Crippen molar-refractivity contribution in [1.29, 1.82) is 0 Å². The highest BCUT2D eigenvalue weighted by Gasteiger charge is 2.53. The molecular weight excluding hydrogens is 799 g/mol. The van der Waals surface area contributed by atoms with Crippen LogP contribution in [0.5, 0.6) is 17.2 Å². The van der Waals surface area contributed by atoms with Gasteiger partial charge in [-0.2, -0.15) is 0 Å². The third-order valence-electron chi connectivity index (χ3n) is 13.2. The Morgan fingerprint density at radius 1 is 0.984 bits per heavy atom. The van der Waals surface area contributed by atoms with Crippen molar-refractivity contribution >= 4 is 23.5 Å². The number of amides is 1. The normalized spacial score (nSPS) is 24.3. The molecule has 63 heavy (non-hydrogen) atoms. The maximum atomic E-state index is 13.6. The van der Waals surface area contributed by atoms with E-state index < -0.39 is 16.6 Å². The molecule has 1 aliphatic carbocycles. The molecule has 0 aromatic heterocycles. The van der Waals surface area contributed by atoms with Crippen LogP contribution in [0.1, 0.15) is 129 Å². The Hall–Kier alpha value is -3.81. The van der Waals surface area contributed by atoms with Crippen LogP contribution in [0.2, 0.25) is 0 Å². The standard InChI is InChI=1S/C32H47NO6.C19H32N2O3/c1-22(2)9-8-13-32(6)14-12-25-29(35)28(31(36-7)26(30(25)39-32)11-10-23(3)4)27(34)21-24(5)38-20-17-33-15-18-37-19-16-33;1-14-6-8-18(3,4)19(24,16(14)22)9-7-15(2)17(23)21-12-10-20(5)11-13-21/h9-10,12,14,24,35H,8,11,13,15-21H2,1-7H3;7,14,24H,6,8-13H2,1-5H3/b;15-7-. The quantitative estimate of drug-likeness (QED) is 0.0950. The molecule has 1 saturated carbocycles. The average molecular weight is 878 g/mol. The number of rotatable bonds is 16. The van der Waals surface area contributed by atoms with E-state index in [-0.39, 0.29) is 53.7 Å². The van der Waals surface area contributed by atoms with Gasteiger partial charge in [0.25, 0.3) is 0 Å². The second-order valence-corrected chi connectivity index (χ2v) is 19.5. The summed E-state index contributed by atoms with van der Waals surface area (Å²) in [5, 5.41) is 22.5. The Bertz CT molecular complexity index is 1880. The number of likely N-dealkylation sites (N-methyl/N-ethyl adjacent to an activating group) is 1. The number of Topliss-reactive ketones (excluding diaryl/α,β-unsaturated/α-hetero) is 2. The fourth-order valence-electron chi connectivity index (χ4n) is 8.63. The fraction of sp³-hybridized carbons (Fsp3) is 0.667. The lowest BCUT2D eigenvalue weighted by molar-refractivity contribution is -0.162. The first-order chi connectivity index (χ1) is 29.6. The van der Waals surface area contributed by atoms with Crippen LogP contribution in [-0.2, 0) is 25.5 Å². The number of allylic oxidation sites excluding steroid dienone is 4. The van der Waals surface area contributed by atoms with Crippen LogP contribution in [0.4, 0.5) is 0 Å². The lowest BCUT2D eigenvalue weighted by atomic mass is 9.60. The van der Waals surface area contributed by atoms with Crippen LogP contribution in [0.3, 0.4) is 0 Å². The molecule has 4 atom stereocenters. The van der Waals surface area contributed by atoms with Gasteiger partial charge in [-0.15, -0.1) is 0 Å². The molecule has 0 bridgehead atoms. The van der Waals surface area contributed by atoms with Gasteiger partial charge in [-0.1, -0.05) is 50.1 Å². The van der Waals surface area contributed by atoms with Crippen molar-refractivity contribution in [2.45, 2.75) is 131 Å². The van der Waals surface area contributed by atoms with Gasteiger partial charge < -0.3 is 39.0 Å². The van der Waals surface area contributed by atoms with Gasteiger partial charge in [0.05, 0.1) is 38.6 Å². The lowest BCUT2D eigenvalue weighted by Crippen LogP contribution is -2.56. The first kappa shape index (κ1) is 51.8. The molecule has 1 amide bonds. The number of aromatic hydroxyl groups is 1. The van der Waals surface area contributed by atoms with E-state index in [4.69, 9.17) is 18.9 Å². The summed E-state index contributed by atoms with van der Waals surface area (Å²) in [6.45, 7) is 27.6. The first-order valence-electron chi connectivity index (χ1n) is 23.1. The van der Waals surface area contributed by atoms with Crippen LogP contribution in [0.15, 0.2) is 41.0 Å². The lowest BCUT2D eigenvalue weighted by Gasteiger charge is -2.46. The molecule has 3 heterocycles. The molecule has 2 N–H and O–H groups in total. The van der Waals surface area contributed by atoms with Crippen molar-refractivity contribution < 1.29 is 43.5 Å². The van der Waals surface area contributed by atoms with E-state index in [0.29, 0.717) is 35.7 Å². The van der Waals surface area contributed by atoms with Gasteiger partial charge in [0.1, 0.15) is 34.0 Å². The molecule has 12 heteroatoms. The number of piperazine rings is 1. The summed E-state index contributed by atoms with van der Waals surface area (Å²) in [6.07, 6.45) is 13.8. The summed E-state index contributed by atoms with van der Waals surface area (Å²) in [5.41, 5.74) is 2.14. The predicted octanol–water partition coefficient (Wildman–Crippen LogP) is 7.98. The summed E-state index contributed by atoms with van der Waals surface area (Å²) < 4.78 is 23.8. The Balaban J connectivity index is 0.000000310. The number of ketones is 2. The molecule has 4 aliphatic rings. The minimum Gasteiger partial charge on any atom is -0.506 e. The first-order valence-corrected chi connectivity index (χ1v) is 23.1. The number of carbonyl (C=O) groups is 3. The second-order valence-electron chi connectivity index (χ2n) is 19.5. The zero-order valence-corrected chi connectivity index (χ0v) is 40.7. The third kappa shape index (κ3) is 13.6. The molecule has 0 radical (unpaired) electrons. The Kier molecular flexibility index (Phi) is 18.8. The number of hydrogen-bond donors (Lipinski definition) is 2. The molecule has 0 spiro atoms. The Morgan fingerprint density at radius 2 is 1.63 bits per heavy atom. The van der Waals surface area contributed by atoms with Crippen molar-refractivity contribution in [3.05, 3.63) is 57.7 Å². The summed E-state index contributed by atoms with van der Waals surface area (Å²) >= 11 is 0. The monoisotopic (exact) mass is 878 g/mol. The predicted molar refractivity (Wildman–Crippen MR) is 251 cm³/mol. The minimum absolute atomic E-state index is 0.0146. The maximum Gasteiger partial charge on any atom is 0.249 e. The van der Waals surface area contributed by atoms with Gasteiger partial charge in [0.15, 0.2) is 11.6 Å². The van der Waals surface area contributed by atoms with Crippen LogP contribution in [0.25, 0.3) is 6.08 Å². The van der Waals surface area contributed by atoms with Gasteiger partial charge >= 0.3 is 0 Å². The number of methoxy groups -OCH3 is 1. The summed E-state index contributed by atoms with van der Waals surface area (Å²) in [5.74, 6) is 0.443. The van der Waals surface area contributed by atoms with Crippen LogP contribution >= 0.6 is 0 Å². The number of benzene rings is 1. The number of hydrogen-bond acceptors (Lipinski definition) is 11. The van der Waals surface area contributed by atoms with E-state index in [1.54, 1.807) is 20.1 Å². The highest BCUT2D eigenvalue weighted by Crippen LogP contribution is 2.49. The number of ether oxygens (including phenoxy) is 4. The molecule has 352 valence electrons. The molecule has 2 saturated heterocycles. The fourth-order valence-corrected chi connectivity index (χ4v) is 8.63. The molecule has 1 aromatic carbocycles. The van der Waals surface area contributed by atoms with Gasteiger partial charge in [0, 0.05) is 81.1 Å². The smallest absolute Gasteiger partial charge is 0.249 e. The van der Waals surface area contributed by atoms with Crippen molar-refractivity contribution in [3.63, 3.8) is 0 Å². The maximum absolute atomic E-state index is 13.6. The van der Waals surface area contributed by atoms with Crippen molar-refractivity contribution in [3.8, 4) is 17.2 Å². The van der Waals surface area contributed by atoms with Gasteiger partial charge in [-0.05, 0) is 99.8 Å². The largest absolute Gasteiger partial charge is 0.506 e. The molecule has 3 aliphatic heterocycles. The average Bonchev–Trinajstić information content (AvgIpc) is 3.23. The van der Waals surface area contributed by atoms with E-state index in [1.165, 1.54) is 5.57 Å². The minimum atomic E-state index is -1.38. The van der Waals surface area contributed by atoms with Crippen molar-refractivity contribution in [2.75, 3.05) is 79.8 Å². The zero-order chi connectivity index (χ0) is 46.7. The highest BCUT2D eigenvalue weighted by atomic mass is 16.5. The Morgan fingerprint density at radius 3 is 2.25 bits per heavy atom. The molecule has 3 fully saturated rings. The third-order valence-corrected chi connectivity index (χ3v) is 13.2. The van der Waals surface area contributed by atoms with E-state index in [1.807, 2.05) is 58.6 Å². The Labute approximate surface area is 378 Å². The molecule has 4 unspecified atom stereocenters. The SMILES string of the molecule is C/C(=C/CC1(O)C(=O)C(C)CCC1(C)C)C(=O)N1CCN(C)CC1.COc1c(CC=C(C)C)c2c(c(O)c1C(=O)CC(C)OCCN1CCOCC1)C=CC(C)(CCC=C(C)C)O2. The topological polar surface area (TPSA) is 138 Å². The van der Waals surface area contributed by atoms with E-state index in [2.05, 4.69) is 49.8 Å². The van der Waals surface area contributed by atoms with E-state index in [0.717, 1.165) is 95.8 Å². The van der Waals surface area contributed by atoms with Crippen LogP contribution < -0.4 is 9.47 Å². The molecule has 1 aromatic rings. The number of phenols is 1. The molecule has 5 rings (SSSR count). The van der Waals surface area contributed by atoms with Crippen molar-refractivity contribution in [1.82, 2.24) is 14.7 Å². The van der Waals surface area contributed by atoms with E-state index >= 15 is 0 Å². The number of carbonyl (C=O) groups excluding carboxylic acids is 3. The molecule has 12 nitrogen and oxygen atoms in total. The number of fused-ring (bicyclic) bond motifs is 1. The van der Waals surface area contributed by atoms with E-state index in [9.17, 15) is 24.6 Å². The highest BCUT2D eigenvalue weighted by molar-refractivity contribution is 6.04. The number of phenolic OH excluding ortho intramolecular Hbond substituents is 1.